The van der Waals surface area contributed by atoms with E-state index in [2.05, 4.69) is 0 Å². The molecule has 2 aromatic rings. The van der Waals surface area contributed by atoms with E-state index < -0.39 is 7.12 Å². The highest BCUT2D eigenvalue weighted by atomic mass is 19.1. The van der Waals surface area contributed by atoms with Gasteiger partial charge in [-0.3, -0.25) is 0 Å². The van der Waals surface area contributed by atoms with Crippen molar-refractivity contribution in [3.8, 4) is 11.5 Å². The fourth-order valence-corrected chi connectivity index (χ4v) is 1.67. The largest absolute Gasteiger partial charge is 0.488 e. The summed E-state index contributed by atoms with van der Waals surface area (Å²) in [4.78, 5) is 0. The van der Waals surface area contributed by atoms with E-state index in [1.165, 1.54) is 12.1 Å². The molecule has 0 spiro atoms. The summed E-state index contributed by atoms with van der Waals surface area (Å²) in [5.41, 5.74) is 1.11. The second-order valence-electron chi connectivity index (χ2n) is 3.95. The molecule has 0 radical (unpaired) electrons. The molecule has 0 atom stereocenters. The Hall–Kier alpha value is -1.85. The maximum Gasteiger partial charge on any atom is 0.488 e. The van der Waals surface area contributed by atoms with Gasteiger partial charge >= 0.3 is 7.12 Å². The van der Waals surface area contributed by atoms with Crippen molar-refractivity contribution in [3.63, 3.8) is 0 Å². The Bertz CT molecular complexity index is 558. The van der Waals surface area contributed by atoms with Gasteiger partial charge in [0.1, 0.15) is 17.3 Å². The van der Waals surface area contributed by atoms with Crippen molar-refractivity contribution in [1.29, 1.82) is 0 Å². The minimum Gasteiger partial charge on any atom is -0.457 e. The van der Waals surface area contributed by atoms with Crippen LogP contribution in [-0.2, 0) is 0 Å². The molecule has 18 heavy (non-hydrogen) atoms. The Morgan fingerprint density at radius 1 is 1.06 bits per heavy atom. The summed E-state index contributed by atoms with van der Waals surface area (Å²) < 4.78 is 18.4. The van der Waals surface area contributed by atoms with E-state index in [9.17, 15) is 4.39 Å². The predicted molar refractivity (Wildman–Crippen MR) is 67.5 cm³/mol. The number of rotatable bonds is 3. The van der Waals surface area contributed by atoms with E-state index in [1.54, 1.807) is 37.3 Å². The summed E-state index contributed by atoms with van der Waals surface area (Å²) in [6.07, 6.45) is 0. The van der Waals surface area contributed by atoms with Crippen LogP contribution >= 0.6 is 0 Å². The molecular weight excluding hydrogens is 234 g/mol. The number of ether oxygens (including phenoxy) is 1. The van der Waals surface area contributed by atoms with E-state index in [0.29, 0.717) is 22.5 Å². The minimum absolute atomic E-state index is 0.369. The molecule has 5 heteroatoms. The molecule has 0 aliphatic carbocycles. The smallest absolute Gasteiger partial charge is 0.457 e. The van der Waals surface area contributed by atoms with Gasteiger partial charge in [-0.1, -0.05) is 12.1 Å². The molecule has 0 heterocycles. The standard InChI is InChI=1S/C13H12BFO3/c1-9-7-12(5-6-13(9)14(16)17)18-11-4-2-3-10(15)8-11/h2-8,16-17H,1H3. The third kappa shape index (κ3) is 2.88. The summed E-state index contributed by atoms with van der Waals surface area (Å²) in [7, 11) is -1.51. The van der Waals surface area contributed by atoms with E-state index in [4.69, 9.17) is 14.8 Å². The molecule has 2 rings (SSSR count). The van der Waals surface area contributed by atoms with E-state index in [0.717, 1.165) is 0 Å². The van der Waals surface area contributed by atoms with Crippen LogP contribution in [0.1, 0.15) is 5.56 Å². The lowest BCUT2D eigenvalue weighted by Gasteiger charge is -2.09. The monoisotopic (exact) mass is 246 g/mol. The Morgan fingerprint density at radius 3 is 2.39 bits per heavy atom. The first-order valence-electron chi connectivity index (χ1n) is 5.46. The molecule has 2 N–H and O–H groups in total. The fourth-order valence-electron chi connectivity index (χ4n) is 1.67. The second-order valence-corrected chi connectivity index (χ2v) is 3.95. The first-order chi connectivity index (χ1) is 8.56. The first kappa shape index (κ1) is 12.6. The lowest BCUT2D eigenvalue weighted by Crippen LogP contribution is -2.31. The lowest BCUT2D eigenvalue weighted by atomic mass is 9.77. The van der Waals surface area contributed by atoms with Gasteiger partial charge in [0.15, 0.2) is 0 Å². The maximum absolute atomic E-state index is 13.0. The normalized spacial score (nSPS) is 10.2. The number of hydrogen-bond acceptors (Lipinski definition) is 3. The van der Waals surface area contributed by atoms with Crippen LogP contribution < -0.4 is 10.2 Å². The number of halogens is 1. The highest BCUT2D eigenvalue weighted by molar-refractivity contribution is 6.59. The van der Waals surface area contributed by atoms with Gasteiger partial charge < -0.3 is 14.8 Å². The molecular formula is C13H12BFO3. The zero-order chi connectivity index (χ0) is 13.1. The van der Waals surface area contributed by atoms with Gasteiger partial charge in [-0.25, -0.2) is 4.39 Å². The third-order valence-electron chi connectivity index (χ3n) is 2.55. The zero-order valence-corrected chi connectivity index (χ0v) is 9.80. The van der Waals surface area contributed by atoms with Gasteiger partial charge in [0, 0.05) is 6.07 Å². The highest BCUT2D eigenvalue weighted by Crippen LogP contribution is 2.22. The number of benzene rings is 2. The molecule has 0 aliphatic rings. The first-order valence-corrected chi connectivity index (χ1v) is 5.46. The van der Waals surface area contributed by atoms with Gasteiger partial charge in [0.2, 0.25) is 0 Å². The zero-order valence-electron chi connectivity index (χ0n) is 9.80. The SMILES string of the molecule is Cc1cc(Oc2cccc(F)c2)ccc1B(O)O. The quantitative estimate of drug-likeness (QED) is 0.809. The van der Waals surface area contributed by atoms with Gasteiger partial charge in [-0.15, -0.1) is 0 Å². The average molecular weight is 246 g/mol. The van der Waals surface area contributed by atoms with Crippen LogP contribution in [0.2, 0.25) is 0 Å². The average Bonchev–Trinajstić information content (AvgIpc) is 2.28. The van der Waals surface area contributed by atoms with E-state index in [1.807, 2.05) is 0 Å². The van der Waals surface area contributed by atoms with Crippen molar-refractivity contribution in [1.82, 2.24) is 0 Å². The fraction of sp³-hybridized carbons (Fsp3) is 0.0769. The van der Waals surface area contributed by atoms with Crippen LogP contribution in [0.25, 0.3) is 0 Å². The van der Waals surface area contributed by atoms with Gasteiger partial charge in [-0.05, 0) is 42.2 Å². The molecule has 2 aromatic carbocycles. The Labute approximate surface area is 105 Å². The van der Waals surface area contributed by atoms with E-state index >= 15 is 0 Å². The molecule has 0 fully saturated rings. The van der Waals surface area contributed by atoms with Gasteiger partial charge in [0.25, 0.3) is 0 Å². The molecule has 92 valence electrons. The van der Waals surface area contributed by atoms with Crippen LogP contribution in [0.15, 0.2) is 42.5 Å². The van der Waals surface area contributed by atoms with Gasteiger partial charge in [0.05, 0.1) is 0 Å². The Morgan fingerprint density at radius 2 is 1.78 bits per heavy atom. The summed E-state index contributed by atoms with van der Waals surface area (Å²) in [6, 6.07) is 10.7. The van der Waals surface area contributed by atoms with Crippen molar-refractivity contribution >= 4 is 12.6 Å². The molecule has 0 saturated carbocycles. The van der Waals surface area contributed by atoms with Crippen molar-refractivity contribution in [2.75, 3.05) is 0 Å². The van der Waals surface area contributed by atoms with E-state index in [-0.39, 0.29) is 5.82 Å². The van der Waals surface area contributed by atoms with Crippen LogP contribution in [-0.4, -0.2) is 17.2 Å². The van der Waals surface area contributed by atoms with Crippen molar-refractivity contribution in [2.24, 2.45) is 0 Å². The number of hydrogen-bond donors (Lipinski definition) is 2. The van der Waals surface area contributed by atoms with Crippen molar-refractivity contribution < 1.29 is 19.2 Å². The summed E-state index contributed by atoms with van der Waals surface area (Å²) in [5, 5.41) is 18.2. The molecule has 0 amide bonds. The lowest BCUT2D eigenvalue weighted by molar-refractivity contribution is 0.425. The molecule has 3 nitrogen and oxygen atoms in total. The summed E-state index contributed by atoms with van der Waals surface area (Å²) in [6.45, 7) is 1.74. The third-order valence-corrected chi connectivity index (χ3v) is 2.55. The molecule has 0 unspecified atom stereocenters. The molecule has 0 aromatic heterocycles. The van der Waals surface area contributed by atoms with Crippen LogP contribution in [0, 0.1) is 12.7 Å². The molecule has 0 saturated heterocycles. The maximum atomic E-state index is 13.0. The summed E-state index contributed by atoms with van der Waals surface area (Å²) >= 11 is 0. The molecule has 0 aliphatic heterocycles. The van der Waals surface area contributed by atoms with Crippen LogP contribution in [0.5, 0.6) is 11.5 Å². The summed E-state index contributed by atoms with van der Waals surface area (Å²) in [5.74, 6) is 0.542. The second kappa shape index (κ2) is 5.20. The van der Waals surface area contributed by atoms with Crippen LogP contribution in [0.3, 0.4) is 0 Å². The molecule has 0 bridgehead atoms. The Balaban J connectivity index is 2.23. The van der Waals surface area contributed by atoms with Crippen molar-refractivity contribution in [2.45, 2.75) is 6.92 Å². The minimum atomic E-state index is -1.51. The topological polar surface area (TPSA) is 49.7 Å². The number of aryl methyl sites for hydroxylation is 1. The highest BCUT2D eigenvalue weighted by Gasteiger charge is 2.14. The van der Waals surface area contributed by atoms with Gasteiger partial charge in [-0.2, -0.15) is 0 Å². The van der Waals surface area contributed by atoms with Crippen molar-refractivity contribution in [3.05, 3.63) is 53.8 Å². The Kier molecular flexibility index (Phi) is 3.65. The predicted octanol–water partition coefficient (Wildman–Crippen LogP) is 1.61. The van der Waals surface area contributed by atoms with Crippen LogP contribution in [0.4, 0.5) is 4.39 Å².